The SMILES string of the molecule is CC(C)CN(C)C(=O)Cn1nc2n(c1=O)CCCCC2. The van der Waals surface area contributed by atoms with E-state index < -0.39 is 0 Å². The van der Waals surface area contributed by atoms with E-state index in [1.165, 1.54) is 4.68 Å². The molecule has 0 unspecified atom stereocenters. The quantitative estimate of drug-likeness (QED) is 0.823. The smallest absolute Gasteiger partial charge is 0.344 e. The highest BCUT2D eigenvalue weighted by Crippen LogP contribution is 2.10. The Kier molecular flexibility index (Phi) is 4.62. The van der Waals surface area contributed by atoms with Crippen LogP contribution in [-0.4, -0.2) is 38.7 Å². The van der Waals surface area contributed by atoms with Crippen molar-refractivity contribution in [2.45, 2.75) is 52.6 Å². The highest BCUT2D eigenvalue weighted by Gasteiger charge is 2.18. The van der Waals surface area contributed by atoms with Crippen LogP contribution >= 0.6 is 0 Å². The van der Waals surface area contributed by atoms with Crippen LogP contribution in [0.15, 0.2) is 4.79 Å². The second kappa shape index (κ2) is 6.24. The van der Waals surface area contributed by atoms with E-state index in [1.807, 2.05) is 0 Å². The van der Waals surface area contributed by atoms with Gasteiger partial charge in [0.1, 0.15) is 12.4 Å². The Morgan fingerprint density at radius 1 is 1.35 bits per heavy atom. The normalized spacial score (nSPS) is 15.0. The average Bonchev–Trinajstić information content (AvgIpc) is 2.56. The summed E-state index contributed by atoms with van der Waals surface area (Å²) < 4.78 is 3.04. The molecule has 0 atom stereocenters. The molecule has 1 aromatic heterocycles. The number of carbonyl (C=O) groups is 1. The molecule has 1 aliphatic heterocycles. The molecule has 0 saturated heterocycles. The zero-order valence-electron chi connectivity index (χ0n) is 12.6. The summed E-state index contributed by atoms with van der Waals surface area (Å²) in [6.07, 6.45) is 4.05. The summed E-state index contributed by atoms with van der Waals surface area (Å²) >= 11 is 0. The lowest BCUT2D eigenvalue weighted by molar-refractivity contribution is -0.131. The van der Waals surface area contributed by atoms with E-state index in [4.69, 9.17) is 0 Å². The number of aromatic nitrogens is 3. The summed E-state index contributed by atoms with van der Waals surface area (Å²) in [6, 6.07) is 0. The third-order valence-electron chi connectivity index (χ3n) is 3.63. The first-order valence-electron chi connectivity index (χ1n) is 7.39. The number of rotatable bonds is 4. The van der Waals surface area contributed by atoms with Crippen molar-refractivity contribution in [3.05, 3.63) is 16.3 Å². The van der Waals surface area contributed by atoms with Gasteiger partial charge in [0.15, 0.2) is 0 Å². The predicted molar refractivity (Wildman–Crippen MR) is 76.5 cm³/mol. The Bertz CT molecular complexity index is 530. The third kappa shape index (κ3) is 3.29. The maximum Gasteiger partial charge on any atom is 0.346 e. The highest BCUT2D eigenvalue weighted by molar-refractivity contribution is 5.75. The van der Waals surface area contributed by atoms with Crippen LogP contribution in [0.2, 0.25) is 0 Å². The van der Waals surface area contributed by atoms with Gasteiger partial charge in [-0.2, -0.15) is 5.10 Å². The van der Waals surface area contributed by atoms with Gasteiger partial charge in [0.2, 0.25) is 5.91 Å². The number of amides is 1. The Morgan fingerprint density at radius 3 is 2.80 bits per heavy atom. The van der Waals surface area contributed by atoms with Crippen molar-refractivity contribution in [2.75, 3.05) is 13.6 Å². The standard InChI is InChI=1S/C14H24N4O2/c1-11(2)9-16(3)13(19)10-18-14(20)17-8-6-4-5-7-12(17)15-18/h11H,4-10H2,1-3H3. The van der Waals surface area contributed by atoms with Crippen LogP contribution in [-0.2, 0) is 24.3 Å². The minimum absolute atomic E-state index is 0.0437. The van der Waals surface area contributed by atoms with Crippen molar-refractivity contribution in [3.63, 3.8) is 0 Å². The van der Waals surface area contributed by atoms with E-state index in [1.54, 1.807) is 16.5 Å². The van der Waals surface area contributed by atoms with Crippen LogP contribution < -0.4 is 5.69 Å². The lowest BCUT2D eigenvalue weighted by Crippen LogP contribution is -2.36. The van der Waals surface area contributed by atoms with Crippen molar-refractivity contribution < 1.29 is 4.79 Å². The van der Waals surface area contributed by atoms with E-state index in [0.717, 1.165) is 38.1 Å². The highest BCUT2D eigenvalue weighted by atomic mass is 16.2. The Morgan fingerprint density at radius 2 is 2.10 bits per heavy atom. The molecule has 112 valence electrons. The molecule has 1 aliphatic rings. The Labute approximate surface area is 119 Å². The topological polar surface area (TPSA) is 60.1 Å². The molecule has 1 aromatic rings. The lowest BCUT2D eigenvalue weighted by Gasteiger charge is -2.18. The monoisotopic (exact) mass is 280 g/mol. The van der Waals surface area contributed by atoms with Gasteiger partial charge in [-0.15, -0.1) is 0 Å². The Balaban J connectivity index is 2.10. The van der Waals surface area contributed by atoms with Gasteiger partial charge in [0.25, 0.3) is 0 Å². The fourth-order valence-electron chi connectivity index (χ4n) is 2.63. The molecule has 20 heavy (non-hydrogen) atoms. The number of aryl methyl sites for hydroxylation is 1. The van der Waals surface area contributed by atoms with E-state index in [0.29, 0.717) is 12.5 Å². The van der Waals surface area contributed by atoms with Crippen molar-refractivity contribution in [1.82, 2.24) is 19.2 Å². The zero-order chi connectivity index (χ0) is 14.7. The summed E-state index contributed by atoms with van der Waals surface area (Å²) in [5, 5.41) is 4.33. The summed E-state index contributed by atoms with van der Waals surface area (Å²) in [6.45, 7) is 5.59. The second-order valence-electron chi connectivity index (χ2n) is 5.99. The van der Waals surface area contributed by atoms with Crippen LogP contribution in [0.25, 0.3) is 0 Å². The van der Waals surface area contributed by atoms with Crippen molar-refractivity contribution in [3.8, 4) is 0 Å². The number of hydrogen-bond acceptors (Lipinski definition) is 3. The van der Waals surface area contributed by atoms with Crippen molar-refractivity contribution >= 4 is 5.91 Å². The summed E-state index contributed by atoms with van der Waals surface area (Å²) in [5.74, 6) is 1.18. The minimum atomic E-state index is -0.145. The number of nitrogens with zero attached hydrogens (tertiary/aromatic N) is 4. The van der Waals surface area contributed by atoms with Gasteiger partial charge >= 0.3 is 5.69 Å². The first-order chi connectivity index (χ1) is 9.49. The van der Waals surface area contributed by atoms with E-state index in [-0.39, 0.29) is 18.1 Å². The maximum atomic E-state index is 12.2. The summed E-state index contributed by atoms with van der Waals surface area (Å²) in [4.78, 5) is 26.0. The molecule has 6 nitrogen and oxygen atoms in total. The van der Waals surface area contributed by atoms with Crippen molar-refractivity contribution in [1.29, 1.82) is 0 Å². The van der Waals surface area contributed by atoms with Crippen molar-refractivity contribution in [2.24, 2.45) is 5.92 Å². The molecule has 2 rings (SSSR count). The molecule has 0 N–H and O–H groups in total. The largest absolute Gasteiger partial charge is 0.346 e. The molecular formula is C14H24N4O2. The second-order valence-corrected chi connectivity index (χ2v) is 5.99. The fraction of sp³-hybridized carbons (Fsp3) is 0.786. The summed E-state index contributed by atoms with van der Waals surface area (Å²) in [5.41, 5.74) is -0.145. The first-order valence-corrected chi connectivity index (χ1v) is 7.39. The number of likely N-dealkylation sites (N-methyl/N-ethyl adjacent to an activating group) is 1. The minimum Gasteiger partial charge on any atom is -0.344 e. The Hall–Kier alpha value is -1.59. The fourth-order valence-corrected chi connectivity index (χ4v) is 2.63. The number of fused-ring (bicyclic) bond motifs is 1. The third-order valence-corrected chi connectivity index (χ3v) is 3.63. The lowest BCUT2D eigenvalue weighted by atomic mass is 10.2. The van der Waals surface area contributed by atoms with Crippen LogP contribution in [0.3, 0.4) is 0 Å². The molecule has 0 bridgehead atoms. The van der Waals surface area contributed by atoms with Gasteiger partial charge in [-0.3, -0.25) is 9.36 Å². The molecule has 0 spiro atoms. The first kappa shape index (κ1) is 14.8. The van der Waals surface area contributed by atoms with Crippen LogP contribution in [0, 0.1) is 5.92 Å². The molecule has 0 aliphatic carbocycles. The van der Waals surface area contributed by atoms with E-state index in [9.17, 15) is 9.59 Å². The van der Waals surface area contributed by atoms with Crippen LogP contribution in [0.1, 0.15) is 38.9 Å². The molecular weight excluding hydrogens is 256 g/mol. The van der Waals surface area contributed by atoms with Gasteiger partial charge in [-0.1, -0.05) is 20.3 Å². The molecule has 2 heterocycles. The average molecular weight is 280 g/mol. The molecule has 0 saturated carbocycles. The maximum absolute atomic E-state index is 12.2. The number of hydrogen-bond donors (Lipinski definition) is 0. The zero-order valence-corrected chi connectivity index (χ0v) is 12.6. The van der Waals surface area contributed by atoms with Gasteiger partial charge in [-0.25, -0.2) is 9.48 Å². The molecule has 0 fully saturated rings. The van der Waals surface area contributed by atoms with E-state index >= 15 is 0 Å². The van der Waals surface area contributed by atoms with Gasteiger partial charge in [0.05, 0.1) is 0 Å². The van der Waals surface area contributed by atoms with E-state index in [2.05, 4.69) is 18.9 Å². The molecule has 6 heteroatoms. The number of carbonyl (C=O) groups excluding carboxylic acids is 1. The summed E-state index contributed by atoms with van der Waals surface area (Å²) in [7, 11) is 1.77. The van der Waals surface area contributed by atoms with Gasteiger partial charge in [0, 0.05) is 26.6 Å². The van der Waals surface area contributed by atoms with Crippen LogP contribution in [0.5, 0.6) is 0 Å². The molecule has 0 radical (unpaired) electrons. The van der Waals surface area contributed by atoms with Gasteiger partial charge in [-0.05, 0) is 18.8 Å². The molecule has 1 amide bonds. The molecule has 0 aromatic carbocycles. The van der Waals surface area contributed by atoms with Gasteiger partial charge < -0.3 is 4.90 Å². The predicted octanol–water partition coefficient (Wildman–Crippen LogP) is 0.886. The van der Waals surface area contributed by atoms with Crippen LogP contribution in [0.4, 0.5) is 0 Å².